The molecule has 0 spiro atoms. The van der Waals surface area contributed by atoms with E-state index in [1.54, 1.807) is 0 Å². The Labute approximate surface area is 83.3 Å². The molecule has 0 aromatic heterocycles. The molecular formula is C11H14N2O. The maximum absolute atomic E-state index is 11.0. The second kappa shape index (κ2) is 3.70. The molecule has 1 aliphatic heterocycles. The number of rotatable bonds is 2. The Morgan fingerprint density at radius 3 is 2.64 bits per heavy atom. The van der Waals surface area contributed by atoms with Crippen molar-refractivity contribution in [1.82, 2.24) is 5.32 Å². The van der Waals surface area contributed by atoms with Gasteiger partial charge in [0, 0.05) is 18.7 Å². The smallest absolute Gasteiger partial charge is 0.220 e. The average molecular weight is 190 g/mol. The van der Waals surface area contributed by atoms with Crippen LogP contribution in [-0.2, 0) is 11.2 Å². The molecule has 3 heteroatoms. The van der Waals surface area contributed by atoms with Crippen molar-refractivity contribution < 1.29 is 4.79 Å². The van der Waals surface area contributed by atoms with Gasteiger partial charge in [-0.25, -0.2) is 0 Å². The van der Waals surface area contributed by atoms with Crippen LogP contribution in [0.4, 0.5) is 5.69 Å². The molecule has 0 bridgehead atoms. The molecule has 1 aliphatic rings. The summed E-state index contributed by atoms with van der Waals surface area (Å²) in [6.45, 7) is 0.809. The van der Waals surface area contributed by atoms with E-state index in [4.69, 9.17) is 5.73 Å². The van der Waals surface area contributed by atoms with Crippen molar-refractivity contribution >= 4 is 11.6 Å². The third-order valence-corrected chi connectivity index (χ3v) is 2.57. The maximum Gasteiger partial charge on any atom is 0.220 e. The summed E-state index contributed by atoms with van der Waals surface area (Å²) in [5.41, 5.74) is 7.63. The zero-order valence-corrected chi connectivity index (χ0v) is 7.99. The Hall–Kier alpha value is -1.51. The van der Waals surface area contributed by atoms with Crippen LogP contribution in [0.1, 0.15) is 12.0 Å². The third-order valence-electron chi connectivity index (χ3n) is 2.57. The van der Waals surface area contributed by atoms with Crippen LogP contribution in [-0.4, -0.2) is 12.5 Å². The lowest BCUT2D eigenvalue weighted by molar-refractivity contribution is -0.119. The number of hydrogen-bond donors (Lipinski definition) is 2. The SMILES string of the molecule is Nc1ccc(C[C@@H]2CNC(=O)C2)cc1. The molecule has 0 saturated carbocycles. The van der Waals surface area contributed by atoms with E-state index in [1.807, 2.05) is 24.3 Å². The highest BCUT2D eigenvalue weighted by Gasteiger charge is 2.21. The van der Waals surface area contributed by atoms with Crippen molar-refractivity contribution in [2.75, 3.05) is 12.3 Å². The lowest BCUT2D eigenvalue weighted by Gasteiger charge is -2.06. The number of anilines is 1. The summed E-state index contributed by atoms with van der Waals surface area (Å²) in [5, 5.41) is 2.84. The standard InChI is InChI=1S/C11H14N2O/c12-10-3-1-8(2-4-10)5-9-6-11(14)13-7-9/h1-4,9H,5-7,12H2,(H,13,14)/t9-/m0/s1. The van der Waals surface area contributed by atoms with Crippen LogP contribution in [0, 0.1) is 5.92 Å². The van der Waals surface area contributed by atoms with Crippen LogP contribution >= 0.6 is 0 Å². The van der Waals surface area contributed by atoms with E-state index in [0.29, 0.717) is 12.3 Å². The first kappa shape index (κ1) is 9.06. The van der Waals surface area contributed by atoms with Gasteiger partial charge in [0.1, 0.15) is 0 Å². The second-order valence-electron chi connectivity index (χ2n) is 3.82. The van der Waals surface area contributed by atoms with Crippen LogP contribution in [0.15, 0.2) is 24.3 Å². The van der Waals surface area contributed by atoms with Gasteiger partial charge in [-0.15, -0.1) is 0 Å². The van der Waals surface area contributed by atoms with Gasteiger partial charge >= 0.3 is 0 Å². The third kappa shape index (κ3) is 2.05. The molecule has 0 unspecified atom stereocenters. The second-order valence-corrected chi connectivity index (χ2v) is 3.82. The summed E-state index contributed by atoms with van der Waals surface area (Å²) in [5.74, 6) is 0.622. The summed E-state index contributed by atoms with van der Waals surface area (Å²) >= 11 is 0. The fourth-order valence-electron chi connectivity index (χ4n) is 1.80. The summed E-state index contributed by atoms with van der Waals surface area (Å²) in [6.07, 6.45) is 1.61. The van der Waals surface area contributed by atoms with Crippen molar-refractivity contribution in [3.05, 3.63) is 29.8 Å². The lowest BCUT2D eigenvalue weighted by atomic mass is 9.98. The van der Waals surface area contributed by atoms with E-state index < -0.39 is 0 Å². The van der Waals surface area contributed by atoms with Gasteiger partial charge in [-0.1, -0.05) is 12.1 Å². The molecule has 1 aromatic rings. The summed E-state index contributed by atoms with van der Waals surface area (Å²) in [4.78, 5) is 11.0. The van der Waals surface area contributed by atoms with Crippen molar-refractivity contribution in [3.63, 3.8) is 0 Å². The topological polar surface area (TPSA) is 55.1 Å². The number of amides is 1. The Balaban J connectivity index is 1.97. The molecule has 1 aromatic carbocycles. The highest BCUT2D eigenvalue weighted by Crippen LogP contribution is 2.16. The Morgan fingerprint density at radius 1 is 1.36 bits per heavy atom. The van der Waals surface area contributed by atoms with Gasteiger partial charge < -0.3 is 11.1 Å². The molecule has 1 atom stereocenters. The first-order valence-electron chi connectivity index (χ1n) is 4.85. The molecule has 1 heterocycles. The van der Waals surface area contributed by atoms with Crippen LogP contribution in [0.5, 0.6) is 0 Å². The van der Waals surface area contributed by atoms with Crippen molar-refractivity contribution in [1.29, 1.82) is 0 Å². The van der Waals surface area contributed by atoms with Crippen LogP contribution in [0.3, 0.4) is 0 Å². The zero-order chi connectivity index (χ0) is 9.97. The number of hydrogen-bond acceptors (Lipinski definition) is 2. The highest BCUT2D eigenvalue weighted by molar-refractivity contribution is 5.78. The van der Waals surface area contributed by atoms with Crippen molar-refractivity contribution in [3.8, 4) is 0 Å². The fourth-order valence-corrected chi connectivity index (χ4v) is 1.80. The molecule has 0 aliphatic carbocycles. The molecule has 14 heavy (non-hydrogen) atoms. The van der Waals surface area contributed by atoms with Crippen LogP contribution < -0.4 is 11.1 Å². The first-order chi connectivity index (χ1) is 6.74. The molecular weight excluding hydrogens is 176 g/mol. The van der Waals surface area contributed by atoms with Gasteiger partial charge in [-0.2, -0.15) is 0 Å². The molecule has 3 nitrogen and oxygen atoms in total. The Kier molecular flexibility index (Phi) is 2.39. The summed E-state index contributed by atoms with van der Waals surface area (Å²) < 4.78 is 0. The number of benzene rings is 1. The van der Waals surface area contributed by atoms with Crippen molar-refractivity contribution in [2.45, 2.75) is 12.8 Å². The van der Waals surface area contributed by atoms with Gasteiger partial charge in [-0.05, 0) is 30.0 Å². The summed E-state index contributed by atoms with van der Waals surface area (Å²) in [6, 6.07) is 7.86. The van der Waals surface area contributed by atoms with Crippen LogP contribution in [0.2, 0.25) is 0 Å². The zero-order valence-electron chi connectivity index (χ0n) is 7.99. The van der Waals surface area contributed by atoms with E-state index in [1.165, 1.54) is 5.56 Å². The molecule has 0 radical (unpaired) electrons. The van der Waals surface area contributed by atoms with E-state index in [2.05, 4.69) is 5.32 Å². The van der Waals surface area contributed by atoms with E-state index in [-0.39, 0.29) is 5.91 Å². The number of nitrogens with two attached hydrogens (primary N) is 1. The first-order valence-corrected chi connectivity index (χ1v) is 4.85. The van der Waals surface area contributed by atoms with Crippen molar-refractivity contribution in [2.24, 2.45) is 5.92 Å². The molecule has 3 N–H and O–H groups in total. The Bertz CT molecular complexity index is 332. The molecule has 2 rings (SSSR count). The van der Waals surface area contributed by atoms with Gasteiger partial charge in [-0.3, -0.25) is 4.79 Å². The minimum atomic E-state index is 0.172. The monoisotopic (exact) mass is 190 g/mol. The minimum Gasteiger partial charge on any atom is -0.399 e. The number of nitrogens with one attached hydrogen (secondary N) is 1. The molecule has 1 amide bonds. The maximum atomic E-state index is 11.0. The lowest BCUT2D eigenvalue weighted by Crippen LogP contribution is -2.14. The number of nitrogen functional groups attached to an aromatic ring is 1. The Morgan fingerprint density at radius 2 is 2.07 bits per heavy atom. The summed E-state index contributed by atoms with van der Waals surface area (Å²) in [7, 11) is 0. The largest absolute Gasteiger partial charge is 0.399 e. The highest BCUT2D eigenvalue weighted by atomic mass is 16.1. The van der Waals surface area contributed by atoms with Gasteiger partial charge in [0.15, 0.2) is 0 Å². The molecule has 1 fully saturated rings. The minimum absolute atomic E-state index is 0.172. The van der Waals surface area contributed by atoms with E-state index in [9.17, 15) is 4.79 Å². The molecule has 74 valence electrons. The van der Waals surface area contributed by atoms with E-state index >= 15 is 0 Å². The predicted octanol–water partition coefficient (Wildman–Crippen LogP) is 0.947. The fraction of sp³-hybridized carbons (Fsp3) is 0.364. The normalized spacial score (nSPS) is 20.9. The average Bonchev–Trinajstić information content (AvgIpc) is 2.56. The van der Waals surface area contributed by atoms with E-state index in [0.717, 1.165) is 18.7 Å². The predicted molar refractivity (Wildman–Crippen MR) is 55.7 cm³/mol. The van der Waals surface area contributed by atoms with Gasteiger partial charge in [0.2, 0.25) is 5.91 Å². The van der Waals surface area contributed by atoms with Gasteiger partial charge in [0.25, 0.3) is 0 Å². The number of carbonyl (C=O) groups excluding carboxylic acids is 1. The number of carbonyl (C=O) groups is 1. The van der Waals surface area contributed by atoms with Crippen LogP contribution in [0.25, 0.3) is 0 Å². The molecule has 1 saturated heterocycles. The quantitative estimate of drug-likeness (QED) is 0.682. The van der Waals surface area contributed by atoms with Gasteiger partial charge in [0.05, 0.1) is 0 Å².